The van der Waals surface area contributed by atoms with Crippen LogP contribution in [0.4, 0.5) is 10.8 Å². The maximum Gasteiger partial charge on any atom is 0.187 e. The number of thiazole rings is 1. The standard InChI is InChI=1S/C17H14N2O2S.BrH/c1-2-4-13(5-3-1)18-17-19-14(11-22-17)12-6-7-15-16(10-12)21-9-8-20-15;/h1-7,10-11H,8-9H2,(H,18,19);1H. The van der Waals surface area contributed by atoms with Crippen LogP contribution in [0.5, 0.6) is 11.5 Å². The van der Waals surface area contributed by atoms with Crippen LogP contribution in [-0.2, 0) is 0 Å². The summed E-state index contributed by atoms with van der Waals surface area (Å²) in [7, 11) is 0. The van der Waals surface area contributed by atoms with Crippen LogP contribution in [0.3, 0.4) is 0 Å². The van der Waals surface area contributed by atoms with Gasteiger partial charge in [0.05, 0.1) is 5.69 Å². The van der Waals surface area contributed by atoms with Gasteiger partial charge in [0, 0.05) is 16.6 Å². The van der Waals surface area contributed by atoms with E-state index in [1.807, 2.05) is 53.9 Å². The number of halogens is 1. The van der Waals surface area contributed by atoms with Gasteiger partial charge in [-0.05, 0) is 30.3 Å². The molecule has 0 fully saturated rings. The van der Waals surface area contributed by atoms with Crippen molar-refractivity contribution < 1.29 is 9.47 Å². The van der Waals surface area contributed by atoms with Gasteiger partial charge in [0.2, 0.25) is 0 Å². The first-order valence-corrected chi connectivity index (χ1v) is 7.94. The van der Waals surface area contributed by atoms with Gasteiger partial charge in [-0.25, -0.2) is 4.98 Å². The summed E-state index contributed by atoms with van der Waals surface area (Å²) in [5.74, 6) is 1.59. The normalized spacial score (nSPS) is 12.3. The minimum atomic E-state index is 0. The van der Waals surface area contributed by atoms with Crippen LogP contribution in [0.2, 0.25) is 0 Å². The Balaban J connectivity index is 0.00000156. The van der Waals surface area contributed by atoms with E-state index >= 15 is 0 Å². The fourth-order valence-electron chi connectivity index (χ4n) is 2.31. The van der Waals surface area contributed by atoms with Crippen LogP contribution < -0.4 is 14.8 Å². The zero-order chi connectivity index (χ0) is 14.8. The summed E-state index contributed by atoms with van der Waals surface area (Å²) in [6, 6.07) is 16.0. The molecule has 0 amide bonds. The van der Waals surface area contributed by atoms with Gasteiger partial charge in [-0.2, -0.15) is 0 Å². The average molecular weight is 391 g/mol. The lowest BCUT2D eigenvalue weighted by atomic mass is 10.1. The van der Waals surface area contributed by atoms with Gasteiger partial charge in [-0.3, -0.25) is 0 Å². The van der Waals surface area contributed by atoms with Crippen molar-refractivity contribution >= 4 is 39.1 Å². The van der Waals surface area contributed by atoms with E-state index in [0.29, 0.717) is 13.2 Å². The molecule has 1 aliphatic heterocycles. The molecule has 0 saturated heterocycles. The van der Waals surface area contributed by atoms with Crippen LogP contribution >= 0.6 is 28.3 Å². The molecule has 2 heterocycles. The fraction of sp³-hybridized carbons (Fsp3) is 0.118. The van der Waals surface area contributed by atoms with Crippen LogP contribution in [0.25, 0.3) is 11.3 Å². The Labute approximate surface area is 148 Å². The summed E-state index contributed by atoms with van der Waals surface area (Å²) in [5.41, 5.74) is 2.99. The second-order valence-corrected chi connectivity index (χ2v) is 5.75. The Morgan fingerprint density at radius 3 is 2.57 bits per heavy atom. The molecule has 4 rings (SSSR count). The number of nitrogens with zero attached hydrogens (tertiary/aromatic N) is 1. The summed E-state index contributed by atoms with van der Waals surface area (Å²) >= 11 is 1.58. The van der Waals surface area contributed by atoms with Crippen molar-refractivity contribution in [3.63, 3.8) is 0 Å². The van der Waals surface area contributed by atoms with Crippen molar-refractivity contribution in [1.82, 2.24) is 4.98 Å². The van der Waals surface area contributed by atoms with Gasteiger partial charge in [0.15, 0.2) is 16.6 Å². The number of nitrogens with one attached hydrogen (secondary N) is 1. The molecule has 1 aliphatic rings. The van der Waals surface area contributed by atoms with Gasteiger partial charge < -0.3 is 14.8 Å². The molecular formula is C17H15BrN2O2S. The molecule has 0 aliphatic carbocycles. The van der Waals surface area contributed by atoms with E-state index < -0.39 is 0 Å². The van der Waals surface area contributed by atoms with Gasteiger partial charge >= 0.3 is 0 Å². The number of hydrogen-bond acceptors (Lipinski definition) is 5. The average Bonchev–Trinajstić information content (AvgIpc) is 3.04. The highest BCUT2D eigenvalue weighted by atomic mass is 79.9. The first kappa shape index (κ1) is 15.8. The first-order valence-electron chi connectivity index (χ1n) is 7.06. The highest BCUT2D eigenvalue weighted by Crippen LogP contribution is 2.35. The third-order valence-corrected chi connectivity index (χ3v) is 4.12. The smallest absolute Gasteiger partial charge is 0.187 e. The molecular weight excluding hydrogens is 376 g/mol. The number of fused-ring (bicyclic) bond motifs is 1. The van der Waals surface area contributed by atoms with Crippen molar-refractivity contribution in [2.75, 3.05) is 18.5 Å². The Bertz CT molecular complexity index is 792. The molecule has 4 nitrogen and oxygen atoms in total. The summed E-state index contributed by atoms with van der Waals surface area (Å²) in [4.78, 5) is 4.64. The molecule has 0 unspecified atom stereocenters. The number of ether oxygens (including phenoxy) is 2. The third-order valence-electron chi connectivity index (χ3n) is 3.37. The van der Waals surface area contributed by atoms with E-state index in [4.69, 9.17) is 9.47 Å². The van der Waals surface area contributed by atoms with Gasteiger partial charge in [0.1, 0.15) is 13.2 Å². The van der Waals surface area contributed by atoms with Crippen LogP contribution in [0.1, 0.15) is 0 Å². The summed E-state index contributed by atoms with van der Waals surface area (Å²) in [6.45, 7) is 1.20. The zero-order valence-electron chi connectivity index (χ0n) is 12.2. The maximum absolute atomic E-state index is 5.62. The van der Waals surface area contributed by atoms with Crippen molar-refractivity contribution in [1.29, 1.82) is 0 Å². The van der Waals surface area contributed by atoms with E-state index in [2.05, 4.69) is 10.3 Å². The van der Waals surface area contributed by atoms with Crippen LogP contribution in [0.15, 0.2) is 53.9 Å². The molecule has 2 aromatic carbocycles. The van der Waals surface area contributed by atoms with E-state index in [1.165, 1.54) is 0 Å². The summed E-state index contributed by atoms with van der Waals surface area (Å²) in [6.07, 6.45) is 0. The van der Waals surface area contributed by atoms with Gasteiger partial charge in [-0.15, -0.1) is 28.3 Å². The molecule has 118 valence electrons. The fourth-order valence-corrected chi connectivity index (χ4v) is 3.05. The molecule has 0 spiro atoms. The largest absolute Gasteiger partial charge is 0.486 e. The Morgan fingerprint density at radius 2 is 1.74 bits per heavy atom. The number of para-hydroxylation sites is 1. The van der Waals surface area contributed by atoms with Crippen molar-refractivity contribution in [2.24, 2.45) is 0 Å². The first-order chi connectivity index (χ1) is 10.9. The number of aromatic nitrogens is 1. The topological polar surface area (TPSA) is 43.4 Å². The second-order valence-electron chi connectivity index (χ2n) is 4.89. The molecule has 0 radical (unpaired) electrons. The maximum atomic E-state index is 5.62. The molecule has 0 saturated carbocycles. The number of hydrogen-bond donors (Lipinski definition) is 1. The van der Waals surface area contributed by atoms with E-state index in [1.54, 1.807) is 11.3 Å². The lowest BCUT2D eigenvalue weighted by molar-refractivity contribution is 0.171. The molecule has 0 atom stereocenters. The zero-order valence-corrected chi connectivity index (χ0v) is 14.7. The van der Waals surface area contributed by atoms with Crippen molar-refractivity contribution in [3.05, 3.63) is 53.9 Å². The Morgan fingerprint density at radius 1 is 0.957 bits per heavy atom. The number of benzene rings is 2. The number of rotatable bonds is 3. The highest BCUT2D eigenvalue weighted by molar-refractivity contribution is 8.93. The summed E-state index contributed by atoms with van der Waals surface area (Å²) in [5, 5.41) is 6.22. The van der Waals surface area contributed by atoms with Gasteiger partial charge in [-0.1, -0.05) is 18.2 Å². The molecule has 0 bridgehead atoms. The minimum Gasteiger partial charge on any atom is -0.486 e. The predicted octanol–water partition coefficient (Wildman–Crippen LogP) is 4.90. The predicted molar refractivity (Wildman–Crippen MR) is 98.6 cm³/mol. The van der Waals surface area contributed by atoms with E-state index in [9.17, 15) is 0 Å². The SMILES string of the molecule is Br.c1ccc(Nc2nc(-c3ccc4c(c3)OCCO4)cs2)cc1. The summed E-state index contributed by atoms with van der Waals surface area (Å²) < 4.78 is 11.2. The Hall–Kier alpha value is -2.05. The highest BCUT2D eigenvalue weighted by Gasteiger charge is 2.13. The molecule has 23 heavy (non-hydrogen) atoms. The molecule has 3 aromatic rings. The van der Waals surface area contributed by atoms with Crippen molar-refractivity contribution in [3.8, 4) is 22.8 Å². The van der Waals surface area contributed by atoms with Crippen LogP contribution in [0, 0.1) is 0 Å². The van der Waals surface area contributed by atoms with Crippen LogP contribution in [-0.4, -0.2) is 18.2 Å². The van der Waals surface area contributed by atoms with E-state index in [-0.39, 0.29) is 17.0 Å². The third kappa shape index (κ3) is 3.48. The molecule has 1 N–H and O–H groups in total. The second kappa shape index (κ2) is 7.02. The van der Waals surface area contributed by atoms with Crippen molar-refractivity contribution in [2.45, 2.75) is 0 Å². The molecule has 6 heteroatoms. The van der Waals surface area contributed by atoms with Gasteiger partial charge in [0.25, 0.3) is 0 Å². The lowest BCUT2D eigenvalue weighted by Crippen LogP contribution is -2.15. The quantitative estimate of drug-likeness (QED) is 0.690. The number of anilines is 2. The monoisotopic (exact) mass is 390 g/mol. The Kier molecular flexibility index (Phi) is 4.83. The lowest BCUT2D eigenvalue weighted by Gasteiger charge is -2.18. The molecule has 1 aromatic heterocycles. The van der Waals surface area contributed by atoms with E-state index in [0.717, 1.165) is 33.6 Å². The minimum absolute atomic E-state index is 0.